The van der Waals surface area contributed by atoms with E-state index in [0.717, 1.165) is 49.7 Å². The molecule has 1 heterocycles. The van der Waals surface area contributed by atoms with Gasteiger partial charge in [0.05, 0.1) is 26.7 Å². The third-order valence-electron chi connectivity index (χ3n) is 3.20. The van der Waals surface area contributed by atoms with Crippen molar-refractivity contribution in [3.05, 3.63) is 29.3 Å². The number of nitrogens with zero attached hydrogens (tertiary/aromatic N) is 1. The van der Waals surface area contributed by atoms with Crippen molar-refractivity contribution in [3.8, 4) is 5.75 Å². The molecule has 19 heavy (non-hydrogen) atoms. The molecule has 0 atom stereocenters. The van der Waals surface area contributed by atoms with E-state index in [4.69, 9.17) is 14.6 Å². The Morgan fingerprint density at radius 2 is 2.16 bits per heavy atom. The van der Waals surface area contributed by atoms with Crippen LogP contribution in [0.5, 0.6) is 5.75 Å². The summed E-state index contributed by atoms with van der Waals surface area (Å²) in [6.07, 6.45) is 0.0418. The lowest BCUT2D eigenvalue weighted by Gasteiger charge is -2.27. The third kappa shape index (κ3) is 3.94. The fourth-order valence-electron chi connectivity index (χ4n) is 2.24. The highest BCUT2D eigenvalue weighted by atomic mass is 16.5. The first-order valence-corrected chi connectivity index (χ1v) is 6.36. The average Bonchev–Trinajstić information content (AvgIpc) is 2.39. The third-order valence-corrected chi connectivity index (χ3v) is 3.20. The van der Waals surface area contributed by atoms with Crippen LogP contribution in [0.25, 0.3) is 0 Å². The Kier molecular flexibility index (Phi) is 4.76. The van der Waals surface area contributed by atoms with Crippen molar-refractivity contribution >= 4 is 5.97 Å². The summed E-state index contributed by atoms with van der Waals surface area (Å²) < 4.78 is 10.7. The molecule has 1 aliphatic heterocycles. The summed E-state index contributed by atoms with van der Waals surface area (Å²) in [4.78, 5) is 13.0. The Labute approximate surface area is 112 Å². The molecular weight excluding hydrogens is 246 g/mol. The maximum atomic E-state index is 10.8. The number of hydrogen-bond acceptors (Lipinski definition) is 4. The first-order chi connectivity index (χ1) is 9.19. The molecule has 0 spiro atoms. The summed E-state index contributed by atoms with van der Waals surface area (Å²) in [6.45, 7) is 4.05. The van der Waals surface area contributed by atoms with Crippen molar-refractivity contribution in [1.82, 2.24) is 4.90 Å². The van der Waals surface area contributed by atoms with Gasteiger partial charge in [-0.15, -0.1) is 0 Å². The Balaban J connectivity index is 2.12. The number of carboxylic acids is 1. The van der Waals surface area contributed by atoms with Gasteiger partial charge in [0.2, 0.25) is 0 Å². The average molecular weight is 265 g/mol. The second kappa shape index (κ2) is 6.54. The number of methoxy groups -OCH3 is 1. The number of rotatable bonds is 5. The molecule has 2 rings (SSSR count). The predicted molar refractivity (Wildman–Crippen MR) is 70.4 cm³/mol. The number of benzene rings is 1. The molecule has 5 heteroatoms. The molecule has 0 radical (unpaired) electrons. The fourth-order valence-corrected chi connectivity index (χ4v) is 2.24. The normalized spacial score (nSPS) is 16.3. The zero-order valence-electron chi connectivity index (χ0n) is 11.1. The van der Waals surface area contributed by atoms with E-state index in [2.05, 4.69) is 4.90 Å². The minimum Gasteiger partial charge on any atom is -0.496 e. The van der Waals surface area contributed by atoms with Crippen LogP contribution in [-0.2, 0) is 22.5 Å². The summed E-state index contributed by atoms with van der Waals surface area (Å²) in [5, 5.41) is 8.85. The zero-order chi connectivity index (χ0) is 13.7. The second-order valence-corrected chi connectivity index (χ2v) is 4.61. The lowest BCUT2D eigenvalue weighted by atomic mass is 10.1. The van der Waals surface area contributed by atoms with Crippen molar-refractivity contribution in [1.29, 1.82) is 0 Å². The Morgan fingerprint density at radius 3 is 2.79 bits per heavy atom. The maximum absolute atomic E-state index is 10.8. The van der Waals surface area contributed by atoms with Gasteiger partial charge in [0.25, 0.3) is 0 Å². The number of hydrogen-bond donors (Lipinski definition) is 1. The fraction of sp³-hybridized carbons (Fsp3) is 0.500. The van der Waals surface area contributed by atoms with Crippen LogP contribution in [0.3, 0.4) is 0 Å². The van der Waals surface area contributed by atoms with E-state index in [1.807, 2.05) is 12.1 Å². The molecule has 5 nitrogen and oxygen atoms in total. The monoisotopic (exact) mass is 265 g/mol. The van der Waals surface area contributed by atoms with Gasteiger partial charge in [0.1, 0.15) is 5.75 Å². The molecule has 1 N–H and O–H groups in total. The lowest BCUT2D eigenvalue weighted by molar-refractivity contribution is -0.136. The van der Waals surface area contributed by atoms with E-state index >= 15 is 0 Å². The van der Waals surface area contributed by atoms with Crippen molar-refractivity contribution < 1.29 is 19.4 Å². The molecule has 0 bridgehead atoms. The van der Waals surface area contributed by atoms with E-state index < -0.39 is 5.97 Å². The second-order valence-electron chi connectivity index (χ2n) is 4.61. The SMILES string of the molecule is COc1ccc(CC(=O)O)cc1CN1CCOCC1. The van der Waals surface area contributed by atoms with Crippen molar-refractivity contribution in [2.45, 2.75) is 13.0 Å². The minimum absolute atomic E-state index is 0.0418. The Hall–Kier alpha value is -1.59. The van der Waals surface area contributed by atoms with E-state index in [1.54, 1.807) is 13.2 Å². The summed E-state index contributed by atoms with van der Waals surface area (Å²) in [5.74, 6) is -0.0110. The molecule has 0 saturated carbocycles. The van der Waals surface area contributed by atoms with Crippen LogP contribution in [-0.4, -0.2) is 49.4 Å². The van der Waals surface area contributed by atoms with Gasteiger partial charge < -0.3 is 14.6 Å². The van der Waals surface area contributed by atoms with Crippen molar-refractivity contribution in [3.63, 3.8) is 0 Å². The smallest absolute Gasteiger partial charge is 0.307 e. The number of carboxylic acid groups (broad SMARTS) is 1. The van der Waals surface area contributed by atoms with Crippen LogP contribution in [0.15, 0.2) is 18.2 Å². The molecular formula is C14H19NO4. The van der Waals surface area contributed by atoms with Crippen LogP contribution < -0.4 is 4.74 Å². The van der Waals surface area contributed by atoms with Crippen LogP contribution in [0.2, 0.25) is 0 Å². The molecule has 104 valence electrons. The quantitative estimate of drug-likeness (QED) is 0.865. The first-order valence-electron chi connectivity index (χ1n) is 6.36. The van der Waals surface area contributed by atoms with Gasteiger partial charge in [-0.2, -0.15) is 0 Å². The number of aliphatic carboxylic acids is 1. The summed E-state index contributed by atoms with van der Waals surface area (Å²) in [5.41, 5.74) is 1.83. The number of ether oxygens (including phenoxy) is 2. The van der Waals surface area contributed by atoms with E-state index in [9.17, 15) is 4.79 Å². The van der Waals surface area contributed by atoms with Gasteiger partial charge in [-0.25, -0.2) is 0 Å². The van der Waals surface area contributed by atoms with Gasteiger partial charge in [0.15, 0.2) is 0 Å². The van der Waals surface area contributed by atoms with Crippen LogP contribution in [0.4, 0.5) is 0 Å². The van der Waals surface area contributed by atoms with E-state index in [-0.39, 0.29) is 6.42 Å². The first kappa shape index (κ1) is 13.8. The van der Waals surface area contributed by atoms with Gasteiger partial charge >= 0.3 is 5.97 Å². The molecule has 1 aromatic rings. The lowest BCUT2D eigenvalue weighted by Crippen LogP contribution is -2.35. The van der Waals surface area contributed by atoms with Gasteiger partial charge in [-0.05, 0) is 11.6 Å². The van der Waals surface area contributed by atoms with Crippen LogP contribution >= 0.6 is 0 Å². The maximum Gasteiger partial charge on any atom is 0.307 e. The number of morpholine rings is 1. The zero-order valence-corrected chi connectivity index (χ0v) is 11.1. The standard InChI is InChI=1S/C14H19NO4/c1-18-13-3-2-11(9-14(16)17)8-12(13)10-15-4-6-19-7-5-15/h2-3,8H,4-7,9-10H2,1H3,(H,16,17). The molecule has 1 aliphatic rings. The predicted octanol–water partition coefficient (Wildman–Crippen LogP) is 1.15. The topological polar surface area (TPSA) is 59.0 Å². The highest BCUT2D eigenvalue weighted by Crippen LogP contribution is 2.22. The van der Waals surface area contributed by atoms with Crippen molar-refractivity contribution in [2.75, 3.05) is 33.4 Å². The molecule has 0 amide bonds. The largest absolute Gasteiger partial charge is 0.496 e. The van der Waals surface area contributed by atoms with Gasteiger partial charge in [-0.3, -0.25) is 9.69 Å². The van der Waals surface area contributed by atoms with Crippen LogP contribution in [0, 0.1) is 0 Å². The molecule has 0 aliphatic carbocycles. The highest BCUT2D eigenvalue weighted by molar-refractivity contribution is 5.70. The van der Waals surface area contributed by atoms with E-state index in [0.29, 0.717) is 0 Å². The van der Waals surface area contributed by atoms with Crippen molar-refractivity contribution in [2.24, 2.45) is 0 Å². The number of carbonyl (C=O) groups is 1. The Morgan fingerprint density at radius 1 is 1.42 bits per heavy atom. The molecule has 0 unspecified atom stereocenters. The molecule has 1 fully saturated rings. The summed E-state index contributed by atoms with van der Waals surface area (Å²) in [7, 11) is 1.63. The van der Waals surface area contributed by atoms with E-state index in [1.165, 1.54) is 0 Å². The summed E-state index contributed by atoms with van der Waals surface area (Å²) >= 11 is 0. The molecule has 0 aromatic heterocycles. The van der Waals surface area contributed by atoms with Crippen LogP contribution in [0.1, 0.15) is 11.1 Å². The van der Waals surface area contributed by atoms with Gasteiger partial charge in [0, 0.05) is 25.2 Å². The minimum atomic E-state index is -0.817. The summed E-state index contributed by atoms with van der Waals surface area (Å²) in [6, 6.07) is 5.56. The Bertz CT molecular complexity index is 441. The molecule has 1 saturated heterocycles. The molecule has 1 aromatic carbocycles. The van der Waals surface area contributed by atoms with Gasteiger partial charge in [-0.1, -0.05) is 12.1 Å². The highest BCUT2D eigenvalue weighted by Gasteiger charge is 2.14.